The number of hydrogen-bond acceptors (Lipinski definition) is 9. The molecular weight excluding hydrogens is 474 g/mol. The van der Waals surface area contributed by atoms with Crippen molar-refractivity contribution in [1.82, 2.24) is 16.0 Å². The van der Waals surface area contributed by atoms with E-state index >= 15 is 0 Å². The van der Waals surface area contributed by atoms with Crippen LogP contribution in [0.25, 0.3) is 0 Å². The number of carbonyl (C=O) groups excluding carboxylic acids is 4. The van der Waals surface area contributed by atoms with Crippen molar-refractivity contribution < 1.29 is 43.5 Å². The summed E-state index contributed by atoms with van der Waals surface area (Å²) in [6, 6.07) is 15.7. The maximum Gasteiger partial charge on any atom is 0.439 e. The Morgan fingerprint density at radius 1 is 0.806 bits per heavy atom. The molecule has 2 unspecified atom stereocenters. The molecule has 0 aromatic heterocycles. The van der Waals surface area contributed by atoms with E-state index in [0.29, 0.717) is 24.3 Å². The summed E-state index contributed by atoms with van der Waals surface area (Å²) in [5, 5.41) is 15.7. The summed E-state index contributed by atoms with van der Waals surface area (Å²) < 4.78 is 15.5. The van der Waals surface area contributed by atoms with E-state index in [-0.39, 0.29) is 19.4 Å². The second kappa shape index (κ2) is 15.6. The van der Waals surface area contributed by atoms with Crippen LogP contribution < -0.4 is 25.4 Å². The highest BCUT2D eigenvalue weighted by molar-refractivity contribution is 5.81. The fourth-order valence-corrected chi connectivity index (χ4v) is 2.91. The molecule has 0 fully saturated rings. The second-order valence-electron chi connectivity index (χ2n) is 7.38. The van der Waals surface area contributed by atoms with Gasteiger partial charge in [-0.3, -0.25) is 10.2 Å². The van der Waals surface area contributed by atoms with Crippen molar-refractivity contribution in [2.75, 3.05) is 6.54 Å². The Kier molecular flexibility index (Phi) is 12.1. The maximum absolute atomic E-state index is 12.6. The van der Waals surface area contributed by atoms with E-state index in [0.717, 1.165) is 0 Å². The summed E-state index contributed by atoms with van der Waals surface area (Å²) in [5.74, 6) is -0.150. The summed E-state index contributed by atoms with van der Waals surface area (Å²) in [7, 11) is 0. The number of amides is 3. The highest BCUT2D eigenvalue weighted by Gasteiger charge is 2.26. The minimum Gasteiger partial charge on any atom is -0.440 e. The van der Waals surface area contributed by atoms with Crippen LogP contribution in [0.3, 0.4) is 0 Å². The quantitative estimate of drug-likeness (QED) is 0.111. The van der Waals surface area contributed by atoms with Crippen molar-refractivity contribution in [2.24, 2.45) is 0 Å². The van der Waals surface area contributed by atoms with Crippen molar-refractivity contribution in [1.29, 1.82) is 0 Å². The van der Waals surface area contributed by atoms with Crippen LogP contribution in [0.1, 0.15) is 32.6 Å². The van der Waals surface area contributed by atoms with Crippen LogP contribution in [-0.2, 0) is 14.4 Å². The van der Waals surface area contributed by atoms with Gasteiger partial charge in [-0.05, 0) is 43.5 Å². The fraction of sp³-hybridized carbons (Fsp3) is 0.333. The van der Waals surface area contributed by atoms with Gasteiger partial charge in [-0.15, -0.1) is 0 Å². The van der Waals surface area contributed by atoms with Gasteiger partial charge in [-0.25, -0.2) is 19.2 Å². The first kappa shape index (κ1) is 27.9. The number of ether oxygens (including phenoxy) is 3. The molecule has 2 aromatic carbocycles. The monoisotopic (exact) mass is 503 g/mol. The third-order valence-electron chi connectivity index (χ3n) is 4.66. The van der Waals surface area contributed by atoms with Gasteiger partial charge in [0.15, 0.2) is 6.23 Å². The number of para-hydroxylation sites is 2. The molecule has 36 heavy (non-hydrogen) atoms. The molecule has 12 nitrogen and oxygen atoms in total. The van der Waals surface area contributed by atoms with Gasteiger partial charge in [0.2, 0.25) is 0 Å². The molecule has 2 aromatic rings. The smallest absolute Gasteiger partial charge is 0.439 e. The lowest BCUT2D eigenvalue weighted by atomic mass is 10.1. The van der Waals surface area contributed by atoms with E-state index in [1.165, 1.54) is 0 Å². The van der Waals surface area contributed by atoms with Gasteiger partial charge in [0.1, 0.15) is 17.5 Å². The van der Waals surface area contributed by atoms with Crippen LogP contribution in [0.15, 0.2) is 60.7 Å². The number of carbonyl (C=O) groups is 4. The van der Waals surface area contributed by atoms with Gasteiger partial charge in [0.05, 0.1) is 0 Å². The van der Waals surface area contributed by atoms with Crippen molar-refractivity contribution in [2.45, 2.75) is 44.9 Å². The van der Waals surface area contributed by atoms with E-state index < -0.39 is 36.5 Å². The van der Waals surface area contributed by atoms with Gasteiger partial charge in [0.25, 0.3) is 0 Å². The van der Waals surface area contributed by atoms with Gasteiger partial charge in [-0.2, -0.15) is 5.26 Å². The summed E-state index contributed by atoms with van der Waals surface area (Å²) in [5.41, 5.74) is 0. The molecule has 2 atom stereocenters. The molecule has 2 rings (SSSR count). The van der Waals surface area contributed by atoms with Gasteiger partial charge < -0.3 is 24.8 Å². The van der Waals surface area contributed by atoms with E-state index in [1.54, 1.807) is 67.6 Å². The molecule has 4 N–H and O–H groups in total. The predicted octanol–water partition coefficient (Wildman–Crippen LogP) is 3.58. The largest absolute Gasteiger partial charge is 0.440 e. The Hall–Kier alpha value is -4.32. The van der Waals surface area contributed by atoms with Crippen molar-refractivity contribution in [3.8, 4) is 11.5 Å². The molecule has 0 spiro atoms. The Labute approximate surface area is 207 Å². The standard InChI is InChI=1S/C24H29N3O9/c1-2-20(27-23(30)34-18-13-7-4-8-14-18)35-21(28)19(26-24(31)36-32)15-9-10-16-25-22(29)33-17-11-5-3-6-12-17/h3-8,11-14,19-20,32H,2,9-10,15-16H2,1H3,(H,25,29)(H,26,31)(H,27,30). The van der Waals surface area contributed by atoms with Crippen LogP contribution in [0.2, 0.25) is 0 Å². The zero-order valence-electron chi connectivity index (χ0n) is 19.7. The Morgan fingerprint density at radius 3 is 1.94 bits per heavy atom. The molecule has 0 radical (unpaired) electrons. The molecule has 0 aliphatic rings. The number of esters is 1. The molecule has 0 aliphatic carbocycles. The van der Waals surface area contributed by atoms with Gasteiger partial charge in [0, 0.05) is 13.0 Å². The van der Waals surface area contributed by atoms with Gasteiger partial charge >= 0.3 is 24.2 Å². The molecule has 3 amide bonds. The molecule has 0 saturated heterocycles. The van der Waals surface area contributed by atoms with Crippen LogP contribution in [0.4, 0.5) is 14.4 Å². The Balaban J connectivity index is 1.79. The van der Waals surface area contributed by atoms with Crippen LogP contribution in [0.5, 0.6) is 11.5 Å². The lowest BCUT2D eigenvalue weighted by molar-refractivity contribution is -0.180. The molecule has 0 saturated carbocycles. The highest BCUT2D eigenvalue weighted by Crippen LogP contribution is 2.11. The normalized spacial score (nSPS) is 11.8. The van der Waals surface area contributed by atoms with E-state index in [1.807, 2.05) is 0 Å². The first-order valence-electron chi connectivity index (χ1n) is 11.3. The zero-order chi connectivity index (χ0) is 26.2. The van der Waals surface area contributed by atoms with Crippen LogP contribution >= 0.6 is 0 Å². The second-order valence-corrected chi connectivity index (χ2v) is 7.38. The number of rotatable bonds is 12. The molecule has 0 heterocycles. The number of unbranched alkanes of at least 4 members (excludes halogenated alkanes) is 1. The van der Waals surface area contributed by atoms with Crippen molar-refractivity contribution in [3.05, 3.63) is 60.7 Å². The maximum atomic E-state index is 12.6. The summed E-state index contributed by atoms with van der Waals surface area (Å²) in [6.45, 7) is 1.92. The molecule has 12 heteroatoms. The lowest BCUT2D eigenvalue weighted by Crippen LogP contribution is -2.46. The van der Waals surface area contributed by atoms with E-state index in [2.05, 4.69) is 20.8 Å². The minimum atomic E-state index is -1.24. The fourth-order valence-electron chi connectivity index (χ4n) is 2.91. The predicted molar refractivity (Wildman–Crippen MR) is 126 cm³/mol. The molecule has 0 aliphatic heterocycles. The van der Waals surface area contributed by atoms with E-state index in [9.17, 15) is 19.2 Å². The number of benzene rings is 2. The first-order chi connectivity index (χ1) is 17.4. The van der Waals surface area contributed by atoms with Gasteiger partial charge in [-0.1, -0.05) is 43.3 Å². The SMILES string of the molecule is CCC(NC(=O)Oc1ccccc1)OC(=O)C(CCCCNC(=O)Oc1ccccc1)NC(=O)OO. The van der Waals surface area contributed by atoms with Crippen LogP contribution in [-0.4, -0.2) is 48.3 Å². The van der Waals surface area contributed by atoms with Crippen LogP contribution in [0, 0.1) is 0 Å². The third kappa shape index (κ3) is 10.7. The highest BCUT2D eigenvalue weighted by atomic mass is 17.1. The zero-order valence-corrected chi connectivity index (χ0v) is 19.7. The van der Waals surface area contributed by atoms with E-state index in [4.69, 9.17) is 19.5 Å². The average molecular weight is 504 g/mol. The average Bonchev–Trinajstić information content (AvgIpc) is 2.88. The number of nitrogens with one attached hydrogen (secondary N) is 3. The summed E-state index contributed by atoms with van der Waals surface area (Å²) in [6.07, 6.45) is -2.57. The van der Waals surface area contributed by atoms with Crippen molar-refractivity contribution in [3.63, 3.8) is 0 Å². The summed E-state index contributed by atoms with van der Waals surface area (Å²) in [4.78, 5) is 51.6. The Morgan fingerprint density at radius 2 is 1.39 bits per heavy atom. The molecule has 0 bridgehead atoms. The topological polar surface area (TPSA) is 162 Å². The summed E-state index contributed by atoms with van der Waals surface area (Å²) >= 11 is 0. The molecular formula is C24H29N3O9. The van der Waals surface area contributed by atoms with Crippen molar-refractivity contribution >= 4 is 24.2 Å². The molecule has 194 valence electrons. The lowest BCUT2D eigenvalue weighted by Gasteiger charge is -2.22. The first-order valence-corrected chi connectivity index (χ1v) is 11.3. The third-order valence-corrected chi connectivity index (χ3v) is 4.66. The number of hydrogen-bond donors (Lipinski definition) is 4. The minimum absolute atomic E-state index is 0.105. The Bertz CT molecular complexity index is 973.